The maximum absolute atomic E-state index is 12.9. The van der Waals surface area contributed by atoms with E-state index in [1.54, 1.807) is 6.92 Å². The lowest BCUT2D eigenvalue weighted by Gasteiger charge is -1.95. The van der Waals surface area contributed by atoms with Gasteiger partial charge in [-0.15, -0.1) is 0 Å². The Balaban J connectivity index is 3.00. The molecule has 0 heterocycles. The van der Waals surface area contributed by atoms with E-state index in [9.17, 15) is 9.18 Å². The van der Waals surface area contributed by atoms with E-state index < -0.39 is 11.8 Å². The van der Waals surface area contributed by atoms with Crippen LogP contribution in [0.5, 0.6) is 0 Å². The van der Waals surface area contributed by atoms with E-state index >= 15 is 0 Å². The van der Waals surface area contributed by atoms with Crippen molar-refractivity contribution in [2.75, 3.05) is 6.61 Å². The van der Waals surface area contributed by atoms with E-state index in [1.807, 2.05) is 6.07 Å². The molecular formula is C12H8FNO2. The standard InChI is InChI=1S/C12H8FNO2/c1-2-16-12(15)6-4-9-7-11(13)5-3-10(9)8-14/h3,5,7H,2H2,1H3. The summed E-state index contributed by atoms with van der Waals surface area (Å²) in [5.74, 6) is 3.37. The number of halogens is 1. The van der Waals surface area contributed by atoms with Gasteiger partial charge in [0.15, 0.2) is 0 Å². The van der Waals surface area contributed by atoms with Gasteiger partial charge in [0.1, 0.15) is 11.9 Å². The van der Waals surface area contributed by atoms with Crippen LogP contribution in [0.4, 0.5) is 4.39 Å². The number of nitriles is 1. The van der Waals surface area contributed by atoms with E-state index in [-0.39, 0.29) is 17.7 Å². The van der Waals surface area contributed by atoms with Crippen molar-refractivity contribution in [3.63, 3.8) is 0 Å². The lowest BCUT2D eigenvalue weighted by molar-refractivity contribution is -0.136. The molecule has 0 bridgehead atoms. The summed E-state index contributed by atoms with van der Waals surface area (Å²) in [5, 5.41) is 8.72. The van der Waals surface area contributed by atoms with Crippen molar-refractivity contribution in [1.82, 2.24) is 0 Å². The van der Waals surface area contributed by atoms with E-state index in [0.717, 1.165) is 12.1 Å². The molecule has 0 N–H and O–H groups in total. The number of hydrogen-bond acceptors (Lipinski definition) is 3. The van der Waals surface area contributed by atoms with Gasteiger partial charge >= 0.3 is 5.97 Å². The van der Waals surface area contributed by atoms with Crippen molar-refractivity contribution in [3.8, 4) is 17.9 Å². The van der Waals surface area contributed by atoms with Crippen LogP contribution in [0.15, 0.2) is 18.2 Å². The van der Waals surface area contributed by atoms with Gasteiger partial charge in [0.05, 0.1) is 12.2 Å². The molecule has 0 amide bonds. The molecule has 3 nitrogen and oxygen atoms in total. The lowest BCUT2D eigenvalue weighted by atomic mass is 10.1. The molecule has 0 aromatic heterocycles. The molecule has 0 saturated carbocycles. The highest BCUT2D eigenvalue weighted by Crippen LogP contribution is 2.08. The molecule has 0 unspecified atom stereocenters. The largest absolute Gasteiger partial charge is 0.456 e. The van der Waals surface area contributed by atoms with Crippen molar-refractivity contribution >= 4 is 5.97 Å². The molecule has 0 aliphatic carbocycles. The Morgan fingerprint density at radius 3 is 2.88 bits per heavy atom. The Morgan fingerprint density at radius 2 is 2.25 bits per heavy atom. The molecule has 80 valence electrons. The summed E-state index contributed by atoms with van der Waals surface area (Å²) in [6.07, 6.45) is 0. The topological polar surface area (TPSA) is 50.1 Å². The van der Waals surface area contributed by atoms with Gasteiger partial charge in [-0.2, -0.15) is 5.26 Å². The van der Waals surface area contributed by atoms with Crippen LogP contribution in [0.25, 0.3) is 0 Å². The summed E-state index contributed by atoms with van der Waals surface area (Å²) < 4.78 is 17.4. The van der Waals surface area contributed by atoms with Gasteiger partial charge < -0.3 is 4.74 Å². The molecule has 0 aliphatic rings. The third-order valence-electron chi connectivity index (χ3n) is 1.68. The molecule has 0 saturated heterocycles. The quantitative estimate of drug-likeness (QED) is 0.530. The minimum absolute atomic E-state index is 0.176. The van der Waals surface area contributed by atoms with Crippen LogP contribution in [-0.4, -0.2) is 12.6 Å². The second-order valence-corrected chi connectivity index (χ2v) is 2.77. The first-order valence-electron chi connectivity index (χ1n) is 4.55. The normalized spacial score (nSPS) is 8.56. The van der Waals surface area contributed by atoms with Crippen LogP contribution < -0.4 is 0 Å². The maximum Gasteiger partial charge on any atom is 0.384 e. The van der Waals surface area contributed by atoms with Gasteiger partial charge in [0, 0.05) is 11.5 Å². The first-order chi connectivity index (χ1) is 7.67. The van der Waals surface area contributed by atoms with Crippen LogP contribution >= 0.6 is 0 Å². The van der Waals surface area contributed by atoms with Gasteiger partial charge in [0.2, 0.25) is 0 Å². The van der Waals surface area contributed by atoms with E-state index in [4.69, 9.17) is 5.26 Å². The van der Waals surface area contributed by atoms with Crippen LogP contribution in [0.3, 0.4) is 0 Å². The molecule has 0 atom stereocenters. The predicted molar refractivity (Wildman–Crippen MR) is 54.6 cm³/mol. The number of esters is 1. The number of hydrogen-bond donors (Lipinski definition) is 0. The number of benzene rings is 1. The number of ether oxygens (including phenoxy) is 1. The molecule has 1 rings (SSSR count). The zero-order valence-electron chi connectivity index (χ0n) is 8.58. The van der Waals surface area contributed by atoms with Crippen LogP contribution in [0.2, 0.25) is 0 Å². The Bertz CT molecular complexity index is 506. The fraction of sp³-hybridized carbons (Fsp3) is 0.167. The predicted octanol–water partition coefficient (Wildman–Crippen LogP) is 1.61. The molecule has 1 aromatic rings. The number of carbonyl (C=O) groups excluding carboxylic acids is 1. The fourth-order valence-corrected chi connectivity index (χ4v) is 1.00. The highest BCUT2D eigenvalue weighted by molar-refractivity contribution is 5.89. The molecular weight excluding hydrogens is 209 g/mol. The third kappa shape index (κ3) is 3.11. The van der Waals surface area contributed by atoms with Crippen molar-refractivity contribution in [1.29, 1.82) is 5.26 Å². The molecule has 0 aliphatic heterocycles. The molecule has 4 heteroatoms. The smallest absolute Gasteiger partial charge is 0.384 e. The highest BCUT2D eigenvalue weighted by atomic mass is 19.1. The van der Waals surface area contributed by atoms with Gasteiger partial charge in [-0.05, 0) is 25.1 Å². The average molecular weight is 217 g/mol. The van der Waals surface area contributed by atoms with Crippen molar-refractivity contribution in [3.05, 3.63) is 35.1 Å². The van der Waals surface area contributed by atoms with E-state index in [2.05, 4.69) is 16.6 Å². The molecule has 0 fully saturated rings. The first kappa shape index (κ1) is 11.7. The summed E-state index contributed by atoms with van der Waals surface area (Å²) in [7, 11) is 0. The Kier molecular flexibility index (Phi) is 4.06. The minimum Gasteiger partial charge on any atom is -0.456 e. The van der Waals surface area contributed by atoms with Crippen LogP contribution in [0.1, 0.15) is 18.1 Å². The maximum atomic E-state index is 12.9. The number of carbonyl (C=O) groups is 1. The van der Waals surface area contributed by atoms with E-state index in [1.165, 1.54) is 6.07 Å². The zero-order valence-corrected chi connectivity index (χ0v) is 8.58. The summed E-state index contributed by atoms with van der Waals surface area (Å²) in [6.45, 7) is 1.88. The molecule has 1 aromatic carbocycles. The molecule has 0 spiro atoms. The molecule has 16 heavy (non-hydrogen) atoms. The van der Waals surface area contributed by atoms with Crippen LogP contribution in [0, 0.1) is 29.0 Å². The fourth-order valence-electron chi connectivity index (χ4n) is 1.00. The van der Waals surface area contributed by atoms with Crippen molar-refractivity contribution < 1.29 is 13.9 Å². The Labute approximate surface area is 92.5 Å². The minimum atomic E-state index is -0.698. The number of nitrogens with zero attached hydrogens (tertiary/aromatic N) is 1. The zero-order chi connectivity index (χ0) is 12.0. The van der Waals surface area contributed by atoms with Gasteiger partial charge in [-0.1, -0.05) is 5.92 Å². The van der Waals surface area contributed by atoms with E-state index in [0.29, 0.717) is 0 Å². The third-order valence-corrected chi connectivity index (χ3v) is 1.68. The summed E-state index contributed by atoms with van der Waals surface area (Å²) in [6, 6.07) is 5.43. The number of rotatable bonds is 1. The van der Waals surface area contributed by atoms with Crippen molar-refractivity contribution in [2.24, 2.45) is 0 Å². The summed E-state index contributed by atoms with van der Waals surface area (Å²) >= 11 is 0. The Morgan fingerprint density at radius 1 is 1.50 bits per heavy atom. The van der Waals surface area contributed by atoms with Gasteiger partial charge in [-0.25, -0.2) is 9.18 Å². The second-order valence-electron chi connectivity index (χ2n) is 2.77. The SMILES string of the molecule is CCOC(=O)C#Cc1cc(F)ccc1C#N. The monoisotopic (exact) mass is 217 g/mol. The average Bonchev–Trinajstić information content (AvgIpc) is 2.27. The molecule has 0 radical (unpaired) electrons. The lowest BCUT2D eigenvalue weighted by Crippen LogP contribution is -1.99. The van der Waals surface area contributed by atoms with Gasteiger partial charge in [-0.3, -0.25) is 0 Å². The van der Waals surface area contributed by atoms with Crippen molar-refractivity contribution in [2.45, 2.75) is 6.92 Å². The summed E-state index contributed by atoms with van der Waals surface area (Å²) in [5.41, 5.74) is 0.397. The summed E-state index contributed by atoms with van der Waals surface area (Å²) in [4.78, 5) is 10.9. The highest BCUT2D eigenvalue weighted by Gasteiger charge is 2.01. The Hall–Kier alpha value is -2.33. The van der Waals surface area contributed by atoms with Crippen LogP contribution in [-0.2, 0) is 9.53 Å². The van der Waals surface area contributed by atoms with Gasteiger partial charge in [0.25, 0.3) is 0 Å². The second kappa shape index (κ2) is 5.53. The first-order valence-corrected chi connectivity index (χ1v) is 4.55.